The van der Waals surface area contributed by atoms with E-state index in [1.807, 2.05) is 0 Å². The Morgan fingerprint density at radius 2 is 1.69 bits per heavy atom. The summed E-state index contributed by atoms with van der Waals surface area (Å²) >= 11 is 0. The quantitative estimate of drug-likeness (QED) is 0.610. The fourth-order valence-corrected chi connectivity index (χ4v) is 2.60. The molecular formula is C19H15F2N5O3. The van der Waals surface area contributed by atoms with E-state index in [0.717, 1.165) is 18.2 Å². The van der Waals surface area contributed by atoms with Gasteiger partial charge in [-0.15, -0.1) is 0 Å². The van der Waals surface area contributed by atoms with Gasteiger partial charge < -0.3 is 20.9 Å². The van der Waals surface area contributed by atoms with E-state index in [2.05, 4.69) is 15.3 Å². The third-order valence-corrected chi connectivity index (χ3v) is 4.10. The van der Waals surface area contributed by atoms with Gasteiger partial charge in [0.05, 0.1) is 6.33 Å². The molecule has 0 saturated carbocycles. The molecule has 8 nitrogen and oxygen atoms in total. The Balaban J connectivity index is 1.76. The third kappa shape index (κ3) is 3.95. The van der Waals surface area contributed by atoms with Crippen LogP contribution in [0.4, 0.5) is 20.2 Å². The fraction of sp³-hybridized carbons (Fsp3) is 0.0526. The van der Waals surface area contributed by atoms with Gasteiger partial charge >= 0.3 is 0 Å². The number of benzene rings is 2. The van der Waals surface area contributed by atoms with Crippen molar-refractivity contribution in [2.75, 3.05) is 17.3 Å². The Kier molecular flexibility index (Phi) is 5.35. The second-order valence-corrected chi connectivity index (χ2v) is 5.95. The van der Waals surface area contributed by atoms with Gasteiger partial charge in [-0.2, -0.15) is 0 Å². The van der Waals surface area contributed by atoms with Gasteiger partial charge in [0.25, 0.3) is 17.7 Å². The van der Waals surface area contributed by atoms with Gasteiger partial charge in [-0.1, -0.05) is 6.07 Å². The average molecular weight is 399 g/mol. The Morgan fingerprint density at radius 1 is 1.07 bits per heavy atom. The number of anilines is 2. The van der Waals surface area contributed by atoms with Crippen LogP contribution in [0.3, 0.4) is 0 Å². The number of nitrogens with zero attached hydrogens (tertiary/aromatic N) is 2. The smallest absolute Gasteiger partial charge is 0.279 e. The standard InChI is InChI=1S/C19H15F2N5O3/c1-26(19(29)16-15(17(22)27)23-9-24-16)11-7-5-10(6-8-11)25-18(28)14-12(20)3-2-4-13(14)21/h2-9H,1H3,(H2,22,27)(H,23,24)(H,25,28). The number of hydrogen-bond donors (Lipinski definition) is 3. The van der Waals surface area contributed by atoms with Gasteiger partial charge in [-0.05, 0) is 36.4 Å². The second-order valence-electron chi connectivity index (χ2n) is 5.95. The molecule has 0 saturated heterocycles. The number of hydrogen-bond acceptors (Lipinski definition) is 4. The monoisotopic (exact) mass is 399 g/mol. The maximum atomic E-state index is 13.7. The van der Waals surface area contributed by atoms with Gasteiger partial charge in [0.15, 0.2) is 5.69 Å². The molecule has 0 aliphatic heterocycles. The minimum atomic E-state index is -0.978. The van der Waals surface area contributed by atoms with Crippen LogP contribution >= 0.6 is 0 Å². The van der Waals surface area contributed by atoms with Crippen LogP contribution in [0.15, 0.2) is 48.8 Å². The molecular weight excluding hydrogens is 384 g/mol. The Bertz CT molecular complexity index is 1080. The lowest BCUT2D eigenvalue weighted by Crippen LogP contribution is -2.29. The first-order valence-corrected chi connectivity index (χ1v) is 8.26. The predicted molar refractivity (Wildman–Crippen MR) is 101 cm³/mol. The zero-order valence-corrected chi connectivity index (χ0v) is 15.1. The molecule has 1 aromatic heterocycles. The van der Waals surface area contributed by atoms with E-state index in [9.17, 15) is 23.2 Å². The number of nitrogens with two attached hydrogens (primary N) is 1. The van der Waals surface area contributed by atoms with Crippen LogP contribution in [0.1, 0.15) is 31.3 Å². The van der Waals surface area contributed by atoms with E-state index in [1.165, 1.54) is 42.5 Å². The van der Waals surface area contributed by atoms with Crippen LogP contribution in [0.2, 0.25) is 0 Å². The van der Waals surface area contributed by atoms with Gasteiger partial charge in [0.1, 0.15) is 22.9 Å². The topological polar surface area (TPSA) is 121 Å². The average Bonchev–Trinajstić information content (AvgIpc) is 3.17. The van der Waals surface area contributed by atoms with Crippen molar-refractivity contribution in [2.24, 2.45) is 5.73 Å². The molecule has 3 amide bonds. The number of rotatable bonds is 5. The molecule has 1 heterocycles. The lowest BCUT2D eigenvalue weighted by molar-refractivity contribution is 0.0958. The first-order chi connectivity index (χ1) is 13.8. The number of carbonyl (C=O) groups is 3. The number of aromatic amines is 1. The van der Waals surface area contributed by atoms with Crippen LogP contribution in [0.25, 0.3) is 0 Å². The molecule has 3 rings (SSSR count). The van der Waals surface area contributed by atoms with Crippen LogP contribution < -0.4 is 16.0 Å². The van der Waals surface area contributed by atoms with Crippen molar-refractivity contribution in [1.29, 1.82) is 0 Å². The molecule has 0 bridgehead atoms. The molecule has 0 spiro atoms. The summed E-state index contributed by atoms with van der Waals surface area (Å²) in [5.74, 6) is -4.30. The lowest BCUT2D eigenvalue weighted by Gasteiger charge is -2.17. The number of nitrogens with one attached hydrogen (secondary N) is 2. The molecule has 0 aliphatic carbocycles. The minimum absolute atomic E-state index is 0.113. The van der Waals surface area contributed by atoms with E-state index in [-0.39, 0.29) is 17.1 Å². The summed E-state index contributed by atoms with van der Waals surface area (Å²) in [6.45, 7) is 0. The molecule has 0 aliphatic rings. The molecule has 3 aromatic rings. The highest BCUT2D eigenvalue weighted by Crippen LogP contribution is 2.21. The predicted octanol–water partition coefficient (Wildman–Crippen LogP) is 2.32. The van der Waals surface area contributed by atoms with Gasteiger partial charge in [-0.25, -0.2) is 13.8 Å². The SMILES string of the molecule is CN(C(=O)c1nc[nH]c1C(N)=O)c1ccc(NC(=O)c2c(F)cccc2F)cc1. The zero-order chi connectivity index (χ0) is 21.1. The van der Waals surface area contributed by atoms with Crippen molar-refractivity contribution in [3.63, 3.8) is 0 Å². The van der Waals surface area contributed by atoms with Crippen LogP contribution in [-0.4, -0.2) is 34.7 Å². The highest BCUT2D eigenvalue weighted by atomic mass is 19.1. The number of amides is 3. The number of carbonyl (C=O) groups excluding carboxylic acids is 3. The summed E-state index contributed by atoms with van der Waals surface area (Å²) in [6, 6.07) is 9.04. The largest absolute Gasteiger partial charge is 0.364 e. The summed E-state index contributed by atoms with van der Waals surface area (Å²) in [7, 11) is 1.46. The van der Waals surface area contributed by atoms with Crippen molar-refractivity contribution in [2.45, 2.75) is 0 Å². The number of aromatic nitrogens is 2. The third-order valence-electron chi connectivity index (χ3n) is 4.10. The molecule has 29 heavy (non-hydrogen) atoms. The van der Waals surface area contributed by atoms with E-state index < -0.39 is 34.9 Å². The first-order valence-electron chi connectivity index (χ1n) is 8.26. The van der Waals surface area contributed by atoms with Crippen LogP contribution in [0, 0.1) is 11.6 Å². The Hall–Kier alpha value is -4.08. The summed E-state index contributed by atoms with van der Waals surface area (Å²) in [5, 5.41) is 2.39. The van der Waals surface area contributed by atoms with Crippen molar-refractivity contribution < 1.29 is 23.2 Å². The highest BCUT2D eigenvalue weighted by Gasteiger charge is 2.23. The van der Waals surface area contributed by atoms with Crippen molar-refractivity contribution in [1.82, 2.24) is 9.97 Å². The molecule has 10 heteroatoms. The van der Waals surface area contributed by atoms with E-state index in [0.29, 0.717) is 5.69 Å². The molecule has 148 valence electrons. The normalized spacial score (nSPS) is 10.4. The minimum Gasteiger partial charge on any atom is -0.364 e. The molecule has 0 unspecified atom stereocenters. The van der Waals surface area contributed by atoms with Crippen molar-refractivity contribution in [3.05, 3.63) is 77.4 Å². The Morgan fingerprint density at radius 3 is 2.28 bits per heavy atom. The molecule has 0 fully saturated rings. The molecule has 0 atom stereocenters. The summed E-state index contributed by atoms with van der Waals surface area (Å²) < 4.78 is 27.4. The van der Waals surface area contributed by atoms with Crippen molar-refractivity contribution >= 4 is 29.1 Å². The van der Waals surface area contributed by atoms with Gasteiger partial charge in [-0.3, -0.25) is 14.4 Å². The molecule has 0 radical (unpaired) electrons. The van der Waals surface area contributed by atoms with Crippen LogP contribution in [0.5, 0.6) is 0 Å². The number of imidazole rings is 1. The highest BCUT2D eigenvalue weighted by molar-refractivity contribution is 6.11. The second kappa shape index (κ2) is 7.89. The lowest BCUT2D eigenvalue weighted by atomic mass is 10.1. The maximum Gasteiger partial charge on any atom is 0.279 e. The fourth-order valence-electron chi connectivity index (χ4n) is 2.60. The summed E-state index contributed by atoms with van der Waals surface area (Å²) in [6.07, 6.45) is 1.18. The maximum absolute atomic E-state index is 13.7. The number of halogens is 2. The van der Waals surface area contributed by atoms with Gasteiger partial charge in [0.2, 0.25) is 0 Å². The summed E-state index contributed by atoms with van der Waals surface area (Å²) in [5.41, 5.74) is 4.94. The molecule has 4 N–H and O–H groups in total. The van der Waals surface area contributed by atoms with E-state index in [1.54, 1.807) is 0 Å². The molecule has 2 aromatic carbocycles. The number of H-pyrrole nitrogens is 1. The van der Waals surface area contributed by atoms with E-state index >= 15 is 0 Å². The Labute approximate surface area is 163 Å². The summed E-state index contributed by atoms with van der Waals surface area (Å²) in [4.78, 5) is 43.6. The van der Waals surface area contributed by atoms with E-state index in [4.69, 9.17) is 5.73 Å². The van der Waals surface area contributed by atoms with Crippen LogP contribution in [-0.2, 0) is 0 Å². The first kappa shape index (κ1) is 19.7. The zero-order valence-electron chi connectivity index (χ0n) is 15.1. The van der Waals surface area contributed by atoms with Crippen molar-refractivity contribution in [3.8, 4) is 0 Å². The van der Waals surface area contributed by atoms with Gasteiger partial charge in [0, 0.05) is 18.4 Å². The number of primary amides is 1.